The van der Waals surface area contributed by atoms with Gasteiger partial charge in [0.05, 0.1) is 28.6 Å². The van der Waals surface area contributed by atoms with Gasteiger partial charge >= 0.3 is 0 Å². The molecule has 0 spiro atoms. The lowest BCUT2D eigenvalue weighted by molar-refractivity contribution is -0.134. The largest absolute Gasteiger partial charge is 0.338 e. The summed E-state index contributed by atoms with van der Waals surface area (Å²) in [6.45, 7) is 6.42. The molecule has 4 aromatic rings. The predicted octanol–water partition coefficient (Wildman–Crippen LogP) is 3.08. The second-order valence-corrected chi connectivity index (χ2v) is 10.3. The molecule has 0 radical (unpaired) electrons. The van der Waals surface area contributed by atoms with E-state index in [4.69, 9.17) is 11.6 Å². The molecule has 35 heavy (non-hydrogen) atoms. The lowest BCUT2D eigenvalue weighted by Gasteiger charge is -2.39. The van der Waals surface area contributed by atoms with Gasteiger partial charge in [0, 0.05) is 42.8 Å². The normalized spacial score (nSPS) is 15.3. The molecule has 1 fully saturated rings. The lowest BCUT2D eigenvalue weighted by atomic mass is 10.0. The van der Waals surface area contributed by atoms with Gasteiger partial charge in [-0.3, -0.25) is 19.4 Å². The molecule has 2 amide bonds. The Labute approximate surface area is 209 Å². The molecule has 4 N–H and O–H groups in total. The third kappa shape index (κ3) is 5.14. The van der Waals surface area contributed by atoms with Gasteiger partial charge in [-0.15, -0.1) is 0 Å². The molecular weight excluding hydrogens is 490 g/mol. The molecule has 0 saturated carbocycles. The van der Waals surface area contributed by atoms with E-state index in [0.717, 1.165) is 17.4 Å². The third-order valence-corrected chi connectivity index (χ3v) is 6.86. The van der Waals surface area contributed by atoms with Crippen molar-refractivity contribution in [2.45, 2.75) is 25.9 Å². The number of halogens is 1. The Bertz CT molecular complexity index is 1390. The standard InChI is InChI=1S/C22H24ClN9O2S/c1-22(2)12-31(8-6-25-22)18(33)11-32-7-5-17(30-32)27-21-24-10-16(35-21)20(34)28-19-13-9-26-29-15(13)4-3-14(19)23/h3-5,7,9-10,25H,6,8,11-12H2,1-2H3,(H,26,29)(H,28,34)(H,24,27,30). The van der Waals surface area contributed by atoms with Crippen LogP contribution in [0.2, 0.25) is 5.02 Å². The summed E-state index contributed by atoms with van der Waals surface area (Å²) in [6.07, 6.45) is 4.83. The molecule has 3 aromatic heterocycles. The van der Waals surface area contributed by atoms with E-state index in [0.29, 0.717) is 39.6 Å². The Kier molecular flexibility index (Phi) is 6.17. The van der Waals surface area contributed by atoms with Gasteiger partial charge in [-0.1, -0.05) is 22.9 Å². The zero-order chi connectivity index (χ0) is 24.6. The molecule has 0 atom stereocenters. The van der Waals surface area contributed by atoms with E-state index in [9.17, 15) is 9.59 Å². The van der Waals surface area contributed by atoms with Crippen LogP contribution in [0.25, 0.3) is 10.9 Å². The number of hydrogen-bond donors (Lipinski definition) is 4. The molecule has 4 heterocycles. The number of carbonyl (C=O) groups is 2. The van der Waals surface area contributed by atoms with Crippen LogP contribution < -0.4 is 16.0 Å². The van der Waals surface area contributed by atoms with Gasteiger partial charge in [-0.05, 0) is 26.0 Å². The van der Waals surface area contributed by atoms with E-state index in [-0.39, 0.29) is 23.9 Å². The van der Waals surface area contributed by atoms with Crippen LogP contribution in [-0.2, 0) is 11.3 Å². The minimum Gasteiger partial charge on any atom is -0.338 e. The number of H-pyrrole nitrogens is 1. The Morgan fingerprint density at radius 1 is 1.26 bits per heavy atom. The number of nitrogens with one attached hydrogen (secondary N) is 4. The van der Waals surface area contributed by atoms with Crippen LogP contribution >= 0.6 is 22.9 Å². The first-order valence-corrected chi connectivity index (χ1v) is 12.2. The Morgan fingerprint density at radius 2 is 2.11 bits per heavy atom. The van der Waals surface area contributed by atoms with E-state index < -0.39 is 0 Å². The van der Waals surface area contributed by atoms with Gasteiger partial charge in [0.1, 0.15) is 11.4 Å². The smallest absolute Gasteiger partial charge is 0.267 e. The van der Waals surface area contributed by atoms with Crippen LogP contribution in [-0.4, -0.2) is 66.8 Å². The molecule has 1 aliphatic heterocycles. The van der Waals surface area contributed by atoms with Crippen molar-refractivity contribution < 1.29 is 9.59 Å². The molecule has 0 bridgehead atoms. The fraction of sp³-hybridized carbons (Fsp3) is 0.318. The van der Waals surface area contributed by atoms with Crippen LogP contribution in [0.15, 0.2) is 36.8 Å². The van der Waals surface area contributed by atoms with E-state index in [1.54, 1.807) is 35.3 Å². The molecule has 182 valence electrons. The zero-order valence-electron chi connectivity index (χ0n) is 19.1. The Balaban J connectivity index is 1.21. The highest BCUT2D eigenvalue weighted by Gasteiger charge is 2.28. The first-order valence-electron chi connectivity index (χ1n) is 11.0. The highest BCUT2D eigenvalue weighted by Crippen LogP contribution is 2.31. The quantitative estimate of drug-likeness (QED) is 0.311. The monoisotopic (exact) mass is 513 g/mol. The van der Waals surface area contributed by atoms with E-state index in [1.807, 2.05) is 4.90 Å². The van der Waals surface area contributed by atoms with Crippen molar-refractivity contribution in [2.24, 2.45) is 0 Å². The summed E-state index contributed by atoms with van der Waals surface area (Å²) in [5.41, 5.74) is 1.16. The average Bonchev–Trinajstić information content (AvgIpc) is 3.56. The van der Waals surface area contributed by atoms with Gasteiger partial charge < -0.3 is 20.9 Å². The molecular formula is C22H24ClN9O2S. The fourth-order valence-electron chi connectivity index (χ4n) is 3.95. The van der Waals surface area contributed by atoms with Crippen molar-refractivity contribution in [3.8, 4) is 0 Å². The number of aromatic nitrogens is 5. The summed E-state index contributed by atoms with van der Waals surface area (Å²) in [6, 6.07) is 5.25. The number of rotatable bonds is 6. The van der Waals surface area contributed by atoms with Crippen LogP contribution in [0.4, 0.5) is 16.6 Å². The Hall–Kier alpha value is -3.48. The zero-order valence-corrected chi connectivity index (χ0v) is 20.7. The number of hydrogen-bond acceptors (Lipinski definition) is 8. The molecule has 1 saturated heterocycles. The molecule has 1 aliphatic rings. The molecule has 5 rings (SSSR count). The summed E-state index contributed by atoms with van der Waals surface area (Å²) >= 11 is 7.47. The highest BCUT2D eigenvalue weighted by molar-refractivity contribution is 7.17. The maximum absolute atomic E-state index is 12.8. The maximum atomic E-state index is 12.8. The summed E-state index contributed by atoms with van der Waals surface area (Å²) in [5, 5.41) is 22.2. The number of piperazine rings is 1. The summed E-state index contributed by atoms with van der Waals surface area (Å²) in [4.78, 5) is 32.0. The lowest BCUT2D eigenvalue weighted by Crippen LogP contribution is -2.58. The number of nitrogens with zero attached hydrogens (tertiary/aromatic N) is 5. The average molecular weight is 514 g/mol. The number of carbonyl (C=O) groups excluding carboxylic acids is 2. The molecule has 1 aromatic carbocycles. The third-order valence-electron chi connectivity index (χ3n) is 5.64. The topological polar surface area (TPSA) is 133 Å². The molecule has 13 heteroatoms. The molecule has 0 unspecified atom stereocenters. The predicted molar refractivity (Wildman–Crippen MR) is 135 cm³/mol. The Morgan fingerprint density at radius 3 is 2.94 bits per heavy atom. The summed E-state index contributed by atoms with van der Waals surface area (Å²) in [5.74, 6) is 0.223. The van der Waals surface area contributed by atoms with E-state index in [1.165, 1.54) is 17.5 Å². The first-order chi connectivity index (χ1) is 16.8. The number of amides is 2. The van der Waals surface area contributed by atoms with E-state index >= 15 is 0 Å². The SMILES string of the molecule is CC1(C)CN(C(=O)Cn2ccc(Nc3ncc(C(=O)Nc4c(Cl)ccc5[nH]ncc45)s3)n2)CCN1. The van der Waals surface area contributed by atoms with Crippen molar-refractivity contribution in [2.75, 3.05) is 30.3 Å². The van der Waals surface area contributed by atoms with Gasteiger partial charge in [-0.2, -0.15) is 10.2 Å². The molecule has 0 aliphatic carbocycles. The maximum Gasteiger partial charge on any atom is 0.267 e. The van der Waals surface area contributed by atoms with Gasteiger partial charge in [-0.25, -0.2) is 4.98 Å². The second kappa shape index (κ2) is 9.29. The van der Waals surface area contributed by atoms with Gasteiger partial charge in [0.2, 0.25) is 5.91 Å². The van der Waals surface area contributed by atoms with Crippen molar-refractivity contribution >= 4 is 62.3 Å². The minimum absolute atomic E-state index is 0.0220. The van der Waals surface area contributed by atoms with Crippen molar-refractivity contribution in [1.29, 1.82) is 0 Å². The second-order valence-electron chi connectivity index (χ2n) is 8.89. The fourth-order valence-corrected chi connectivity index (χ4v) is 4.88. The van der Waals surface area contributed by atoms with Gasteiger partial charge in [0.25, 0.3) is 5.91 Å². The first kappa shape index (κ1) is 23.3. The van der Waals surface area contributed by atoms with Crippen LogP contribution in [0.1, 0.15) is 23.5 Å². The van der Waals surface area contributed by atoms with Crippen molar-refractivity contribution in [1.82, 2.24) is 35.2 Å². The number of thiazole rings is 1. The minimum atomic E-state index is -0.332. The number of anilines is 3. The van der Waals surface area contributed by atoms with Crippen LogP contribution in [0.5, 0.6) is 0 Å². The van der Waals surface area contributed by atoms with Crippen LogP contribution in [0, 0.1) is 0 Å². The number of benzene rings is 1. The summed E-state index contributed by atoms with van der Waals surface area (Å²) in [7, 11) is 0. The molecule has 11 nitrogen and oxygen atoms in total. The van der Waals surface area contributed by atoms with Crippen LogP contribution in [0.3, 0.4) is 0 Å². The van der Waals surface area contributed by atoms with Crippen molar-refractivity contribution in [3.05, 3.63) is 46.7 Å². The van der Waals surface area contributed by atoms with Gasteiger partial charge in [0.15, 0.2) is 10.9 Å². The van der Waals surface area contributed by atoms with Crippen molar-refractivity contribution in [3.63, 3.8) is 0 Å². The highest BCUT2D eigenvalue weighted by atomic mass is 35.5. The summed E-state index contributed by atoms with van der Waals surface area (Å²) < 4.78 is 1.59. The number of aromatic amines is 1. The number of fused-ring (bicyclic) bond motifs is 1. The van der Waals surface area contributed by atoms with E-state index in [2.05, 4.69) is 50.1 Å².